The van der Waals surface area contributed by atoms with Gasteiger partial charge in [-0.25, -0.2) is 9.67 Å². The van der Waals surface area contributed by atoms with Gasteiger partial charge in [-0.15, -0.1) is 0 Å². The minimum Gasteiger partial charge on any atom is -0.356 e. The van der Waals surface area contributed by atoms with Crippen LogP contribution in [-0.2, 0) is 18.3 Å². The third-order valence-electron chi connectivity index (χ3n) is 9.79. The zero-order valence-corrected chi connectivity index (χ0v) is 26.3. The van der Waals surface area contributed by atoms with Gasteiger partial charge in [-0.2, -0.15) is 5.10 Å². The topological polar surface area (TPSA) is 68.4 Å². The Morgan fingerprint density at radius 3 is 2.55 bits per heavy atom. The van der Waals surface area contributed by atoms with E-state index in [4.69, 9.17) is 14.8 Å². The first-order valence-electron chi connectivity index (χ1n) is 15.9. The number of fused-ring (bicyclic) bond motifs is 2. The number of rotatable bonds is 6. The van der Waals surface area contributed by atoms with Crippen LogP contribution in [0.5, 0.6) is 0 Å². The Morgan fingerprint density at radius 2 is 1.82 bits per heavy atom. The molecule has 44 heavy (non-hydrogen) atoms. The van der Waals surface area contributed by atoms with E-state index in [9.17, 15) is 4.79 Å². The van der Waals surface area contributed by atoms with Gasteiger partial charge in [0, 0.05) is 62.5 Å². The number of ether oxygens (including phenoxy) is 1. The Balaban J connectivity index is 1.10. The van der Waals surface area contributed by atoms with Gasteiger partial charge in [0.1, 0.15) is 5.65 Å². The van der Waals surface area contributed by atoms with Crippen molar-refractivity contribution in [1.29, 1.82) is 0 Å². The summed E-state index contributed by atoms with van der Waals surface area (Å²) in [6.45, 7) is 6.07. The third kappa shape index (κ3) is 5.20. The molecule has 0 spiro atoms. The highest BCUT2D eigenvalue weighted by molar-refractivity contribution is 5.98. The number of hydrogen-bond donors (Lipinski definition) is 0. The molecule has 5 heterocycles. The molecule has 2 aliphatic heterocycles. The normalized spacial score (nSPS) is 18.3. The van der Waals surface area contributed by atoms with Gasteiger partial charge in [0.15, 0.2) is 6.23 Å². The van der Waals surface area contributed by atoms with Crippen molar-refractivity contribution in [2.75, 3.05) is 33.8 Å². The molecule has 2 saturated heterocycles. The molecule has 3 aromatic heterocycles. The number of hydrogen-bond acceptors (Lipinski definition) is 5. The lowest BCUT2D eigenvalue weighted by Crippen LogP contribution is -2.33. The predicted octanol–water partition coefficient (Wildman–Crippen LogP) is 6.68. The first-order valence-corrected chi connectivity index (χ1v) is 15.9. The van der Waals surface area contributed by atoms with E-state index < -0.39 is 0 Å². The minimum atomic E-state index is 0.0306. The molecule has 2 aromatic carbocycles. The number of amides is 1. The average molecular weight is 591 g/mol. The van der Waals surface area contributed by atoms with E-state index in [1.165, 1.54) is 39.8 Å². The molecular formula is C36H42N6O2. The van der Waals surface area contributed by atoms with Crippen LogP contribution in [0.15, 0.2) is 60.9 Å². The first-order chi connectivity index (χ1) is 21.4. The fourth-order valence-electron chi connectivity index (χ4n) is 7.22. The van der Waals surface area contributed by atoms with Gasteiger partial charge in [0.25, 0.3) is 5.91 Å². The van der Waals surface area contributed by atoms with Gasteiger partial charge in [0.2, 0.25) is 0 Å². The molecule has 2 aliphatic rings. The molecule has 2 fully saturated rings. The maximum atomic E-state index is 12.3. The van der Waals surface area contributed by atoms with Crippen molar-refractivity contribution >= 4 is 27.8 Å². The summed E-state index contributed by atoms with van der Waals surface area (Å²) in [5, 5.41) is 7.08. The van der Waals surface area contributed by atoms with E-state index in [-0.39, 0.29) is 12.1 Å². The molecule has 8 heteroatoms. The molecule has 1 unspecified atom stereocenters. The molecule has 0 aliphatic carbocycles. The zero-order chi connectivity index (χ0) is 30.4. The Kier molecular flexibility index (Phi) is 7.72. The molecule has 0 bridgehead atoms. The van der Waals surface area contributed by atoms with Crippen LogP contribution >= 0.6 is 0 Å². The molecule has 0 radical (unpaired) electrons. The quantitative estimate of drug-likeness (QED) is 0.221. The highest BCUT2D eigenvalue weighted by atomic mass is 16.5. The largest absolute Gasteiger partial charge is 0.356 e. The van der Waals surface area contributed by atoms with Gasteiger partial charge < -0.3 is 14.2 Å². The lowest BCUT2D eigenvalue weighted by atomic mass is 9.89. The van der Waals surface area contributed by atoms with Crippen LogP contribution in [0.3, 0.4) is 0 Å². The monoisotopic (exact) mass is 590 g/mol. The number of benzene rings is 2. The fraction of sp³-hybridized carbons (Fsp3) is 0.417. The molecule has 228 valence electrons. The molecule has 7 rings (SSSR count). The van der Waals surface area contributed by atoms with Gasteiger partial charge in [-0.05, 0) is 111 Å². The van der Waals surface area contributed by atoms with Crippen molar-refractivity contribution in [1.82, 2.24) is 29.1 Å². The standard InChI is InChI=1S/C36H42N6O2/c1-24-32(23-41-18-15-26(16-19-41)25-8-10-27(11-9-25)36(43)39(2)3)40(4)35-34(24)30(14-17-37-35)28-12-13-31-29(21-28)22-38-42(31)33-7-5-6-20-44-33/h8-14,17,21-22,26,33H,5-7,15-16,18-20,23H2,1-4H3. The smallest absolute Gasteiger partial charge is 0.253 e. The second-order valence-corrected chi connectivity index (χ2v) is 12.7. The molecule has 1 amide bonds. The highest BCUT2D eigenvalue weighted by Crippen LogP contribution is 2.36. The molecule has 0 N–H and O–H groups in total. The molecule has 8 nitrogen and oxygen atoms in total. The maximum absolute atomic E-state index is 12.3. The summed E-state index contributed by atoms with van der Waals surface area (Å²) < 4.78 is 10.4. The number of carbonyl (C=O) groups excluding carboxylic acids is 1. The summed E-state index contributed by atoms with van der Waals surface area (Å²) in [6, 6.07) is 17.1. The molecule has 1 atom stereocenters. The number of likely N-dealkylation sites (tertiary alicyclic amines) is 1. The van der Waals surface area contributed by atoms with Crippen LogP contribution in [0.4, 0.5) is 0 Å². The van der Waals surface area contributed by atoms with Crippen molar-refractivity contribution in [2.45, 2.75) is 57.7 Å². The fourth-order valence-corrected chi connectivity index (χ4v) is 7.22. The van der Waals surface area contributed by atoms with Crippen LogP contribution in [0.2, 0.25) is 0 Å². The number of carbonyl (C=O) groups is 1. The number of aryl methyl sites for hydroxylation is 2. The van der Waals surface area contributed by atoms with Crippen LogP contribution < -0.4 is 0 Å². The van der Waals surface area contributed by atoms with Crippen molar-refractivity contribution < 1.29 is 9.53 Å². The predicted molar refractivity (Wildman–Crippen MR) is 175 cm³/mol. The zero-order valence-electron chi connectivity index (χ0n) is 26.3. The second kappa shape index (κ2) is 11.8. The molecular weight excluding hydrogens is 548 g/mol. The number of pyridine rings is 1. The third-order valence-corrected chi connectivity index (χ3v) is 9.79. The lowest BCUT2D eigenvalue weighted by molar-refractivity contribution is -0.0366. The summed E-state index contributed by atoms with van der Waals surface area (Å²) in [6.07, 6.45) is 9.50. The van der Waals surface area contributed by atoms with Crippen molar-refractivity contribution in [3.8, 4) is 11.1 Å². The maximum Gasteiger partial charge on any atom is 0.253 e. The van der Waals surface area contributed by atoms with E-state index >= 15 is 0 Å². The Hall–Kier alpha value is -4.01. The van der Waals surface area contributed by atoms with Crippen LogP contribution in [-0.4, -0.2) is 68.8 Å². The molecule has 0 saturated carbocycles. The highest BCUT2D eigenvalue weighted by Gasteiger charge is 2.25. The first kappa shape index (κ1) is 28.7. The van der Waals surface area contributed by atoms with E-state index in [1.807, 2.05) is 24.5 Å². The number of nitrogens with zero attached hydrogens (tertiary/aromatic N) is 6. The lowest BCUT2D eigenvalue weighted by Gasteiger charge is -2.32. The molecule has 5 aromatic rings. The van der Waals surface area contributed by atoms with E-state index in [0.29, 0.717) is 5.92 Å². The van der Waals surface area contributed by atoms with E-state index in [2.05, 4.69) is 64.5 Å². The Labute approximate surface area is 259 Å². The van der Waals surface area contributed by atoms with Crippen LogP contribution in [0.1, 0.15) is 71.4 Å². The van der Waals surface area contributed by atoms with Crippen LogP contribution in [0, 0.1) is 6.92 Å². The van der Waals surface area contributed by atoms with E-state index in [1.54, 1.807) is 19.0 Å². The van der Waals surface area contributed by atoms with Crippen molar-refractivity contribution in [3.05, 3.63) is 83.3 Å². The summed E-state index contributed by atoms with van der Waals surface area (Å²) in [4.78, 5) is 21.3. The Morgan fingerprint density at radius 1 is 1.02 bits per heavy atom. The number of aromatic nitrogens is 4. The van der Waals surface area contributed by atoms with Crippen molar-refractivity contribution in [2.24, 2.45) is 7.05 Å². The summed E-state index contributed by atoms with van der Waals surface area (Å²) in [7, 11) is 5.75. The van der Waals surface area contributed by atoms with Crippen LogP contribution in [0.25, 0.3) is 33.1 Å². The summed E-state index contributed by atoms with van der Waals surface area (Å²) in [5.74, 6) is 0.580. The summed E-state index contributed by atoms with van der Waals surface area (Å²) >= 11 is 0. The van der Waals surface area contributed by atoms with E-state index in [0.717, 1.165) is 74.0 Å². The average Bonchev–Trinajstić information content (AvgIpc) is 3.59. The van der Waals surface area contributed by atoms with Gasteiger partial charge >= 0.3 is 0 Å². The SMILES string of the molecule is Cc1c(CN2CCC(c3ccc(C(=O)N(C)C)cc3)CC2)n(C)c2nccc(-c3ccc4c(cnn4C4CCCCO4)c3)c12. The minimum absolute atomic E-state index is 0.0306. The van der Waals surface area contributed by atoms with Gasteiger partial charge in [-0.3, -0.25) is 9.69 Å². The van der Waals surface area contributed by atoms with Gasteiger partial charge in [0.05, 0.1) is 11.7 Å². The second-order valence-electron chi connectivity index (χ2n) is 12.7. The van der Waals surface area contributed by atoms with Crippen molar-refractivity contribution in [3.63, 3.8) is 0 Å². The Bertz CT molecular complexity index is 1800. The summed E-state index contributed by atoms with van der Waals surface area (Å²) in [5.41, 5.74) is 9.28. The van der Waals surface area contributed by atoms with Gasteiger partial charge in [-0.1, -0.05) is 18.2 Å². The number of piperidine rings is 1.